The summed E-state index contributed by atoms with van der Waals surface area (Å²) < 4.78 is 5.39. The van der Waals surface area contributed by atoms with Crippen molar-refractivity contribution in [2.45, 2.75) is 20.0 Å². The summed E-state index contributed by atoms with van der Waals surface area (Å²) in [5.74, 6) is 0.606. The molecule has 2 N–H and O–H groups in total. The fourth-order valence-electron chi connectivity index (χ4n) is 1.20. The van der Waals surface area contributed by atoms with Gasteiger partial charge in [-0.05, 0) is 28.9 Å². The number of thiophene rings is 1. The zero-order valence-corrected chi connectivity index (χ0v) is 9.88. The van der Waals surface area contributed by atoms with E-state index in [2.05, 4.69) is 32.3 Å². The van der Waals surface area contributed by atoms with Gasteiger partial charge in [0.25, 0.3) is 0 Å². The first kappa shape index (κ1) is 11.1. The van der Waals surface area contributed by atoms with Gasteiger partial charge >= 0.3 is 6.01 Å². The molecule has 0 bridgehead atoms. The second-order valence-electron chi connectivity index (χ2n) is 3.27. The van der Waals surface area contributed by atoms with Gasteiger partial charge in [0.1, 0.15) is 0 Å². The summed E-state index contributed by atoms with van der Waals surface area (Å²) in [5.41, 5.74) is 1.22. The van der Waals surface area contributed by atoms with Gasteiger partial charge in [-0.25, -0.2) is 0 Å². The van der Waals surface area contributed by atoms with Crippen LogP contribution in [0.15, 0.2) is 21.2 Å². The molecule has 5 nitrogen and oxygen atoms in total. The smallest absolute Gasteiger partial charge is 0.315 e. The van der Waals surface area contributed by atoms with Gasteiger partial charge in [0.15, 0.2) is 0 Å². The second kappa shape index (κ2) is 5.62. The highest BCUT2D eigenvalue weighted by Gasteiger charge is 2.04. The second-order valence-corrected chi connectivity index (χ2v) is 4.05. The lowest BCUT2D eigenvalue weighted by molar-refractivity contribution is 0.481. The highest BCUT2D eigenvalue weighted by Crippen LogP contribution is 2.10. The van der Waals surface area contributed by atoms with Gasteiger partial charge < -0.3 is 15.1 Å². The monoisotopic (exact) mass is 238 g/mol. The molecular weight excluding hydrogens is 224 g/mol. The molecule has 0 unspecified atom stereocenters. The van der Waals surface area contributed by atoms with E-state index >= 15 is 0 Å². The Kier molecular flexibility index (Phi) is 3.90. The summed E-state index contributed by atoms with van der Waals surface area (Å²) in [6.45, 7) is 4.25. The van der Waals surface area contributed by atoms with Crippen LogP contribution < -0.4 is 10.6 Å². The number of rotatable bonds is 6. The van der Waals surface area contributed by atoms with Crippen molar-refractivity contribution >= 4 is 17.4 Å². The van der Waals surface area contributed by atoms with Gasteiger partial charge in [0, 0.05) is 6.54 Å². The van der Waals surface area contributed by atoms with Crippen molar-refractivity contribution in [3.8, 4) is 0 Å². The Hall–Kier alpha value is -1.40. The topological polar surface area (TPSA) is 63.0 Å². The lowest BCUT2D eigenvalue weighted by atomic mass is 10.3. The number of hydrogen-bond acceptors (Lipinski definition) is 6. The van der Waals surface area contributed by atoms with Crippen LogP contribution in [0.3, 0.4) is 0 Å². The molecule has 2 rings (SSSR count). The molecule has 0 spiro atoms. The van der Waals surface area contributed by atoms with Crippen molar-refractivity contribution in [1.82, 2.24) is 15.5 Å². The third-order valence-electron chi connectivity index (χ3n) is 2.02. The normalized spacial score (nSPS) is 10.6. The standard InChI is InChI=1S/C10H14N4OS/c1-2-11-6-9-13-14-10(15-9)12-5-8-3-4-16-7-8/h3-4,7,11H,2,5-6H2,1H3,(H,12,14). The first-order valence-corrected chi connectivity index (χ1v) is 6.11. The Labute approximate surface area is 97.9 Å². The summed E-state index contributed by atoms with van der Waals surface area (Å²) in [6.07, 6.45) is 0. The first-order chi connectivity index (χ1) is 7.88. The maximum atomic E-state index is 5.39. The molecular formula is C10H14N4OS. The van der Waals surface area contributed by atoms with Crippen molar-refractivity contribution < 1.29 is 4.42 Å². The maximum absolute atomic E-state index is 5.39. The number of nitrogens with zero attached hydrogens (tertiary/aromatic N) is 2. The number of aromatic nitrogens is 2. The first-order valence-electron chi connectivity index (χ1n) is 5.16. The molecule has 0 atom stereocenters. The van der Waals surface area contributed by atoms with E-state index in [4.69, 9.17) is 4.42 Å². The van der Waals surface area contributed by atoms with E-state index in [1.54, 1.807) is 11.3 Å². The Balaban J connectivity index is 1.83. The van der Waals surface area contributed by atoms with Gasteiger partial charge in [-0.3, -0.25) is 0 Å². The predicted molar refractivity (Wildman–Crippen MR) is 63.3 cm³/mol. The molecule has 86 valence electrons. The van der Waals surface area contributed by atoms with Crippen LogP contribution in [0.2, 0.25) is 0 Å². The number of anilines is 1. The van der Waals surface area contributed by atoms with E-state index in [1.807, 2.05) is 12.3 Å². The molecule has 0 radical (unpaired) electrons. The molecule has 0 amide bonds. The lowest BCUT2D eigenvalue weighted by Gasteiger charge is -1.97. The average Bonchev–Trinajstić information content (AvgIpc) is 2.95. The molecule has 16 heavy (non-hydrogen) atoms. The Morgan fingerprint density at radius 1 is 1.38 bits per heavy atom. The van der Waals surface area contributed by atoms with Crippen LogP contribution in [0.1, 0.15) is 18.4 Å². The van der Waals surface area contributed by atoms with Crippen LogP contribution in [-0.2, 0) is 13.1 Å². The van der Waals surface area contributed by atoms with Gasteiger partial charge in [-0.15, -0.1) is 5.10 Å². The molecule has 0 saturated carbocycles. The van der Waals surface area contributed by atoms with Crippen molar-refractivity contribution in [1.29, 1.82) is 0 Å². The highest BCUT2D eigenvalue weighted by molar-refractivity contribution is 7.07. The van der Waals surface area contributed by atoms with Crippen LogP contribution in [0.25, 0.3) is 0 Å². The van der Waals surface area contributed by atoms with Crippen LogP contribution in [-0.4, -0.2) is 16.7 Å². The average molecular weight is 238 g/mol. The molecule has 0 aliphatic heterocycles. The number of hydrogen-bond donors (Lipinski definition) is 2. The molecule has 0 fully saturated rings. The summed E-state index contributed by atoms with van der Waals surface area (Å²) in [7, 11) is 0. The molecule has 0 aliphatic rings. The molecule has 0 aliphatic carbocycles. The molecule has 0 aromatic carbocycles. The molecule has 2 aromatic rings. The minimum absolute atomic E-state index is 0.471. The fraction of sp³-hybridized carbons (Fsp3) is 0.400. The van der Waals surface area contributed by atoms with Gasteiger partial charge in [-0.1, -0.05) is 12.0 Å². The molecule has 6 heteroatoms. The Morgan fingerprint density at radius 3 is 3.06 bits per heavy atom. The third-order valence-corrected chi connectivity index (χ3v) is 2.75. The summed E-state index contributed by atoms with van der Waals surface area (Å²) >= 11 is 1.67. The van der Waals surface area contributed by atoms with Crippen molar-refractivity contribution in [2.75, 3.05) is 11.9 Å². The van der Waals surface area contributed by atoms with E-state index in [1.165, 1.54) is 5.56 Å². The minimum atomic E-state index is 0.471. The maximum Gasteiger partial charge on any atom is 0.315 e. The number of nitrogens with one attached hydrogen (secondary N) is 2. The third kappa shape index (κ3) is 3.04. The van der Waals surface area contributed by atoms with Gasteiger partial charge in [0.2, 0.25) is 5.89 Å². The molecule has 0 saturated heterocycles. The quantitative estimate of drug-likeness (QED) is 0.804. The van der Waals surface area contributed by atoms with E-state index < -0.39 is 0 Å². The predicted octanol–water partition coefficient (Wildman–Crippen LogP) is 1.85. The fourth-order valence-corrected chi connectivity index (χ4v) is 1.87. The molecule has 2 heterocycles. The SMILES string of the molecule is CCNCc1nnc(NCc2ccsc2)o1. The Morgan fingerprint density at radius 2 is 2.31 bits per heavy atom. The summed E-state index contributed by atoms with van der Waals surface area (Å²) in [4.78, 5) is 0. The minimum Gasteiger partial charge on any atom is -0.407 e. The van der Waals surface area contributed by atoms with E-state index in [9.17, 15) is 0 Å². The largest absolute Gasteiger partial charge is 0.407 e. The van der Waals surface area contributed by atoms with Crippen LogP contribution in [0.4, 0.5) is 6.01 Å². The van der Waals surface area contributed by atoms with Crippen LogP contribution in [0, 0.1) is 0 Å². The van der Waals surface area contributed by atoms with Crippen molar-refractivity contribution in [2.24, 2.45) is 0 Å². The highest BCUT2D eigenvalue weighted by atomic mass is 32.1. The van der Waals surface area contributed by atoms with E-state index in [-0.39, 0.29) is 0 Å². The van der Waals surface area contributed by atoms with Crippen molar-refractivity contribution in [3.05, 3.63) is 28.3 Å². The zero-order chi connectivity index (χ0) is 11.2. The summed E-state index contributed by atoms with van der Waals surface area (Å²) in [5, 5.41) is 18.2. The van der Waals surface area contributed by atoms with Gasteiger partial charge in [0.05, 0.1) is 6.54 Å². The lowest BCUT2D eigenvalue weighted by Crippen LogP contribution is -2.11. The van der Waals surface area contributed by atoms with Crippen molar-refractivity contribution in [3.63, 3.8) is 0 Å². The van der Waals surface area contributed by atoms with E-state index in [0.29, 0.717) is 25.0 Å². The van der Waals surface area contributed by atoms with Crippen LogP contribution in [0.5, 0.6) is 0 Å². The zero-order valence-electron chi connectivity index (χ0n) is 9.06. The molecule has 2 aromatic heterocycles. The van der Waals surface area contributed by atoms with E-state index in [0.717, 1.165) is 6.54 Å². The Bertz CT molecular complexity index is 412. The summed E-state index contributed by atoms with van der Waals surface area (Å²) in [6, 6.07) is 2.53. The van der Waals surface area contributed by atoms with Gasteiger partial charge in [-0.2, -0.15) is 11.3 Å². The van der Waals surface area contributed by atoms with Crippen LogP contribution >= 0.6 is 11.3 Å².